The number of carbonyl (C=O) groups is 2. The van der Waals surface area contributed by atoms with Gasteiger partial charge in [0.2, 0.25) is 0 Å². The molecule has 0 spiro atoms. The van der Waals surface area contributed by atoms with Crippen LogP contribution in [0.15, 0.2) is 18.2 Å². The van der Waals surface area contributed by atoms with Gasteiger partial charge in [-0.3, -0.25) is 9.59 Å². The van der Waals surface area contributed by atoms with Crippen molar-refractivity contribution >= 4 is 46.8 Å². The van der Waals surface area contributed by atoms with E-state index in [-0.39, 0.29) is 17.1 Å². The van der Waals surface area contributed by atoms with Gasteiger partial charge in [0.05, 0.1) is 17.2 Å². The zero-order chi connectivity index (χ0) is 14.7. The lowest BCUT2D eigenvalue weighted by Crippen LogP contribution is -2.44. The van der Waals surface area contributed by atoms with Gasteiger partial charge < -0.3 is 9.64 Å². The molecule has 0 aromatic heterocycles. The smallest absolute Gasteiger partial charge is 0.320 e. The number of rotatable bonds is 2. The summed E-state index contributed by atoms with van der Waals surface area (Å²) in [4.78, 5) is 25.6. The van der Waals surface area contributed by atoms with E-state index in [9.17, 15) is 9.59 Å². The Morgan fingerprint density at radius 2 is 2.10 bits per heavy atom. The Labute approximate surface area is 131 Å². The molecule has 0 saturated carbocycles. The molecule has 0 aliphatic carbocycles. The van der Waals surface area contributed by atoms with Crippen molar-refractivity contribution in [3.05, 3.63) is 33.8 Å². The fourth-order valence-corrected chi connectivity index (χ4v) is 3.35. The maximum Gasteiger partial charge on any atom is 0.320 e. The van der Waals surface area contributed by atoms with Crippen LogP contribution in [0.5, 0.6) is 0 Å². The van der Waals surface area contributed by atoms with E-state index in [0.29, 0.717) is 34.5 Å². The van der Waals surface area contributed by atoms with Crippen LogP contribution in [0.2, 0.25) is 10.0 Å². The van der Waals surface area contributed by atoms with Crippen LogP contribution >= 0.6 is 35.0 Å². The minimum absolute atomic E-state index is 0.155. The number of benzene rings is 1. The van der Waals surface area contributed by atoms with Crippen LogP contribution in [0.3, 0.4) is 0 Å². The summed E-state index contributed by atoms with van der Waals surface area (Å²) >= 11 is 13.3. The van der Waals surface area contributed by atoms with Crippen LogP contribution in [-0.4, -0.2) is 48.0 Å². The second-order valence-corrected chi connectivity index (χ2v) is 6.39. The van der Waals surface area contributed by atoms with Crippen LogP contribution in [0.1, 0.15) is 10.4 Å². The molecule has 0 N–H and O–H groups in total. The van der Waals surface area contributed by atoms with E-state index in [2.05, 4.69) is 0 Å². The third-order valence-corrected chi connectivity index (χ3v) is 4.89. The first-order valence-electron chi connectivity index (χ1n) is 5.96. The molecule has 0 bridgehead atoms. The van der Waals surface area contributed by atoms with E-state index in [1.165, 1.54) is 18.9 Å². The topological polar surface area (TPSA) is 46.6 Å². The van der Waals surface area contributed by atoms with E-state index in [4.69, 9.17) is 27.9 Å². The summed E-state index contributed by atoms with van der Waals surface area (Å²) in [7, 11) is 1.35. The van der Waals surface area contributed by atoms with E-state index in [1.54, 1.807) is 23.1 Å². The van der Waals surface area contributed by atoms with Crippen molar-refractivity contribution in [3.8, 4) is 0 Å². The van der Waals surface area contributed by atoms with Crippen LogP contribution in [0, 0.1) is 0 Å². The average Bonchev–Trinajstić information content (AvgIpc) is 2.48. The lowest BCUT2D eigenvalue weighted by Gasteiger charge is -2.31. The predicted molar refractivity (Wildman–Crippen MR) is 80.6 cm³/mol. The molecule has 7 heteroatoms. The number of thioether (sulfide) groups is 1. The number of amides is 1. The second-order valence-electron chi connectivity index (χ2n) is 4.26. The van der Waals surface area contributed by atoms with E-state index >= 15 is 0 Å². The quantitative estimate of drug-likeness (QED) is 0.781. The number of hydrogen-bond donors (Lipinski definition) is 0. The van der Waals surface area contributed by atoms with E-state index < -0.39 is 0 Å². The summed E-state index contributed by atoms with van der Waals surface area (Å²) in [6, 6.07) is 4.76. The lowest BCUT2D eigenvalue weighted by molar-refractivity contribution is -0.140. The molecule has 1 saturated heterocycles. The average molecular weight is 334 g/mol. The molecule has 2 rings (SSSR count). The molecule has 1 aromatic rings. The van der Waals surface area contributed by atoms with Gasteiger partial charge in [0.15, 0.2) is 0 Å². The highest BCUT2D eigenvalue weighted by molar-refractivity contribution is 8.00. The van der Waals surface area contributed by atoms with Gasteiger partial charge in [-0.2, -0.15) is 0 Å². The Kier molecular flexibility index (Phi) is 5.18. The molecule has 1 amide bonds. The summed E-state index contributed by atoms with van der Waals surface area (Å²) in [5, 5.41) is 0.416. The van der Waals surface area contributed by atoms with Crippen LogP contribution in [0.4, 0.5) is 0 Å². The lowest BCUT2D eigenvalue weighted by atomic mass is 10.2. The molecule has 20 heavy (non-hydrogen) atoms. The number of esters is 1. The number of methoxy groups -OCH3 is 1. The Hall–Kier alpha value is -0.910. The summed E-state index contributed by atoms with van der Waals surface area (Å²) in [5.74, 6) is 0.242. The van der Waals surface area contributed by atoms with Crippen LogP contribution < -0.4 is 0 Å². The molecular weight excluding hydrogens is 321 g/mol. The van der Waals surface area contributed by atoms with Gasteiger partial charge in [-0.1, -0.05) is 23.2 Å². The molecule has 1 aromatic carbocycles. The van der Waals surface area contributed by atoms with Gasteiger partial charge in [0.25, 0.3) is 5.91 Å². The van der Waals surface area contributed by atoms with Crippen LogP contribution in [0.25, 0.3) is 0 Å². The predicted octanol–water partition coefficient (Wildman–Crippen LogP) is 2.72. The third kappa shape index (κ3) is 3.40. The second kappa shape index (κ2) is 6.70. The Bertz CT molecular complexity index is 538. The fraction of sp³-hybridized carbons (Fsp3) is 0.385. The standard InChI is InChI=1S/C13H13Cl2NO3S/c1-19-13(18)11-7-16(4-5-20-11)12(17)8-2-3-9(14)10(15)6-8/h2-3,6,11H,4-5,7H2,1H3/t11-/m0/s1. The maximum atomic E-state index is 12.4. The number of carbonyl (C=O) groups excluding carboxylic acids is 2. The zero-order valence-corrected chi connectivity index (χ0v) is 13.1. The maximum absolute atomic E-state index is 12.4. The van der Waals surface area contributed by atoms with Gasteiger partial charge in [0.1, 0.15) is 5.25 Å². The van der Waals surface area contributed by atoms with Crippen molar-refractivity contribution in [2.75, 3.05) is 26.0 Å². The highest BCUT2D eigenvalue weighted by atomic mass is 35.5. The molecule has 1 heterocycles. The van der Waals surface area contributed by atoms with Gasteiger partial charge >= 0.3 is 5.97 Å². The first-order chi connectivity index (χ1) is 9.52. The minimum atomic E-state index is -0.333. The highest BCUT2D eigenvalue weighted by Gasteiger charge is 2.30. The number of ether oxygens (including phenoxy) is 1. The number of halogens is 2. The fourth-order valence-electron chi connectivity index (χ4n) is 1.92. The van der Waals surface area contributed by atoms with Crippen molar-refractivity contribution in [1.29, 1.82) is 0 Å². The monoisotopic (exact) mass is 333 g/mol. The summed E-state index contributed by atoms with van der Waals surface area (Å²) < 4.78 is 4.72. The Morgan fingerprint density at radius 3 is 2.75 bits per heavy atom. The van der Waals surface area contributed by atoms with E-state index in [0.717, 1.165) is 0 Å². The molecule has 1 aliphatic rings. The summed E-state index contributed by atoms with van der Waals surface area (Å²) in [6.45, 7) is 0.938. The minimum Gasteiger partial charge on any atom is -0.468 e. The van der Waals surface area contributed by atoms with E-state index in [1.807, 2.05) is 0 Å². The molecule has 0 radical (unpaired) electrons. The highest BCUT2D eigenvalue weighted by Crippen LogP contribution is 2.25. The SMILES string of the molecule is COC(=O)[C@@H]1CN(C(=O)c2ccc(Cl)c(Cl)c2)CCS1. The zero-order valence-electron chi connectivity index (χ0n) is 10.8. The first-order valence-corrected chi connectivity index (χ1v) is 7.77. The van der Waals surface area contributed by atoms with Crippen LogP contribution in [-0.2, 0) is 9.53 Å². The Morgan fingerprint density at radius 1 is 1.35 bits per heavy atom. The molecule has 0 unspecified atom stereocenters. The molecule has 108 valence electrons. The summed E-state index contributed by atoms with van der Waals surface area (Å²) in [5.41, 5.74) is 0.468. The molecule has 4 nitrogen and oxygen atoms in total. The normalized spacial score (nSPS) is 18.8. The molecule has 1 fully saturated rings. The van der Waals surface area contributed by atoms with Crippen molar-refractivity contribution in [1.82, 2.24) is 4.90 Å². The van der Waals surface area contributed by atoms with Gasteiger partial charge in [-0.15, -0.1) is 11.8 Å². The summed E-state index contributed by atoms with van der Waals surface area (Å²) in [6.07, 6.45) is 0. The molecule has 1 aliphatic heterocycles. The first kappa shape index (κ1) is 15.5. The largest absolute Gasteiger partial charge is 0.468 e. The van der Waals surface area contributed by atoms with Crippen molar-refractivity contribution in [3.63, 3.8) is 0 Å². The molecular formula is C13H13Cl2NO3S. The van der Waals surface area contributed by atoms with Gasteiger partial charge in [-0.05, 0) is 18.2 Å². The van der Waals surface area contributed by atoms with Gasteiger partial charge in [0, 0.05) is 24.4 Å². The number of hydrogen-bond acceptors (Lipinski definition) is 4. The molecule has 1 atom stereocenters. The third-order valence-electron chi connectivity index (χ3n) is 2.98. The van der Waals surface area contributed by atoms with Crippen molar-refractivity contribution in [2.45, 2.75) is 5.25 Å². The van der Waals surface area contributed by atoms with Crippen molar-refractivity contribution < 1.29 is 14.3 Å². The van der Waals surface area contributed by atoms with Crippen molar-refractivity contribution in [2.24, 2.45) is 0 Å². The Balaban J connectivity index is 2.12. The van der Waals surface area contributed by atoms with Gasteiger partial charge in [-0.25, -0.2) is 0 Å². The number of nitrogens with zero attached hydrogens (tertiary/aromatic N) is 1.